The van der Waals surface area contributed by atoms with Gasteiger partial charge in [-0.2, -0.15) is 0 Å². The highest BCUT2D eigenvalue weighted by Crippen LogP contribution is 2.33. The molecule has 0 radical (unpaired) electrons. The minimum atomic E-state index is -0.284. The monoisotopic (exact) mass is 310 g/mol. The molecule has 0 bridgehead atoms. The molecule has 3 aromatic rings. The van der Waals surface area contributed by atoms with Crippen molar-refractivity contribution in [2.24, 2.45) is 0 Å². The Hall–Kier alpha value is -2.59. The zero-order valence-corrected chi connectivity index (χ0v) is 13.1. The summed E-state index contributed by atoms with van der Waals surface area (Å²) in [4.78, 5) is 12.7. The van der Waals surface area contributed by atoms with Gasteiger partial charge in [0, 0.05) is 13.5 Å². The van der Waals surface area contributed by atoms with Crippen molar-refractivity contribution in [3.63, 3.8) is 0 Å². The molecule has 3 rings (SSSR count). The Kier molecular flexibility index (Phi) is 4.44. The van der Waals surface area contributed by atoms with E-state index in [4.69, 9.17) is 13.9 Å². The average molecular weight is 310 g/mol. The first-order valence-corrected chi connectivity index (χ1v) is 7.39. The standard InChI is InChI=1S/C19H18O4/c1-21-18(13-6-4-3-5-7-13)12-16(20)14-8-9-17-15(10-11-23-17)19(14)22-2/h3-11,18H,12H2,1-2H3. The zero-order chi connectivity index (χ0) is 16.2. The Labute approximate surface area is 134 Å². The predicted octanol–water partition coefficient (Wildman–Crippen LogP) is 4.40. The minimum Gasteiger partial charge on any atom is -0.495 e. The van der Waals surface area contributed by atoms with Crippen LogP contribution in [0.3, 0.4) is 0 Å². The number of carbonyl (C=O) groups excluding carboxylic acids is 1. The first-order chi connectivity index (χ1) is 11.2. The Morgan fingerprint density at radius 2 is 1.87 bits per heavy atom. The van der Waals surface area contributed by atoms with Crippen molar-refractivity contribution in [3.8, 4) is 5.75 Å². The highest BCUT2D eigenvalue weighted by molar-refractivity contribution is 6.04. The summed E-state index contributed by atoms with van der Waals surface area (Å²) in [5.41, 5.74) is 2.22. The molecule has 2 aromatic carbocycles. The van der Waals surface area contributed by atoms with Gasteiger partial charge in [-0.15, -0.1) is 0 Å². The van der Waals surface area contributed by atoms with Crippen LogP contribution in [-0.2, 0) is 4.74 Å². The third-order valence-electron chi connectivity index (χ3n) is 3.92. The molecule has 0 N–H and O–H groups in total. The third kappa shape index (κ3) is 2.98. The number of fused-ring (bicyclic) bond motifs is 1. The van der Waals surface area contributed by atoms with Crippen LogP contribution in [0.2, 0.25) is 0 Å². The minimum absolute atomic E-state index is 0.0272. The van der Waals surface area contributed by atoms with E-state index in [9.17, 15) is 4.79 Å². The second kappa shape index (κ2) is 6.67. The van der Waals surface area contributed by atoms with Crippen LogP contribution in [-0.4, -0.2) is 20.0 Å². The van der Waals surface area contributed by atoms with Gasteiger partial charge in [-0.25, -0.2) is 0 Å². The van der Waals surface area contributed by atoms with E-state index in [1.165, 1.54) is 0 Å². The van der Waals surface area contributed by atoms with Gasteiger partial charge in [-0.3, -0.25) is 4.79 Å². The molecule has 0 aliphatic heterocycles. The summed E-state index contributed by atoms with van der Waals surface area (Å²) in [5.74, 6) is 0.518. The molecule has 0 aliphatic carbocycles. The molecule has 1 heterocycles. The van der Waals surface area contributed by atoms with E-state index >= 15 is 0 Å². The van der Waals surface area contributed by atoms with Crippen LogP contribution >= 0.6 is 0 Å². The van der Waals surface area contributed by atoms with E-state index in [2.05, 4.69) is 0 Å². The number of furan rings is 1. The lowest BCUT2D eigenvalue weighted by Crippen LogP contribution is -2.10. The zero-order valence-electron chi connectivity index (χ0n) is 13.1. The van der Waals surface area contributed by atoms with Gasteiger partial charge in [0.1, 0.15) is 11.3 Å². The first kappa shape index (κ1) is 15.3. The molecular weight excluding hydrogens is 292 g/mol. The fourth-order valence-corrected chi connectivity index (χ4v) is 2.74. The van der Waals surface area contributed by atoms with Gasteiger partial charge >= 0.3 is 0 Å². The van der Waals surface area contributed by atoms with Crippen LogP contribution in [0.5, 0.6) is 5.75 Å². The lowest BCUT2D eigenvalue weighted by molar-refractivity contribution is 0.0728. The lowest BCUT2D eigenvalue weighted by Gasteiger charge is -2.16. The molecule has 4 heteroatoms. The number of rotatable bonds is 6. The molecule has 118 valence electrons. The Morgan fingerprint density at radius 1 is 1.09 bits per heavy atom. The normalized spacial score (nSPS) is 12.3. The van der Waals surface area contributed by atoms with Crippen molar-refractivity contribution in [2.75, 3.05) is 14.2 Å². The van der Waals surface area contributed by atoms with Crippen molar-refractivity contribution in [1.82, 2.24) is 0 Å². The molecule has 0 amide bonds. The third-order valence-corrected chi connectivity index (χ3v) is 3.92. The van der Waals surface area contributed by atoms with Gasteiger partial charge in [0.2, 0.25) is 0 Å². The summed E-state index contributed by atoms with van der Waals surface area (Å²) in [7, 11) is 3.17. The maximum atomic E-state index is 12.7. The Morgan fingerprint density at radius 3 is 2.57 bits per heavy atom. The van der Waals surface area contributed by atoms with Gasteiger partial charge in [0.15, 0.2) is 5.78 Å². The summed E-state index contributed by atoms with van der Waals surface area (Å²) in [6.07, 6.45) is 1.55. The quantitative estimate of drug-likeness (QED) is 0.633. The molecule has 4 nitrogen and oxygen atoms in total. The number of hydrogen-bond donors (Lipinski definition) is 0. The van der Waals surface area contributed by atoms with Crippen molar-refractivity contribution < 1.29 is 18.7 Å². The predicted molar refractivity (Wildman–Crippen MR) is 87.9 cm³/mol. The largest absolute Gasteiger partial charge is 0.495 e. The second-order valence-electron chi connectivity index (χ2n) is 5.24. The van der Waals surface area contributed by atoms with Crippen molar-refractivity contribution in [1.29, 1.82) is 0 Å². The molecule has 1 unspecified atom stereocenters. The van der Waals surface area contributed by atoms with E-state index in [-0.39, 0.29) is 18.3 Å². The molecule has 0 fully saturated rings. The number of carbonyl (C=O) groups is 1. The van der Waals surface area contributed by atoms with Crippen LogP contribution in [0.1, 0.15) is 28.4 Å². The number of hydrogen-bond acceptors (Lipinski definition) is 4. The molecule has 1 atom stereocenters. The SMILES string of the molecule is COc1c(C(=O)CC(OC)c2ccccc2)ccc2occc12. The molecule has 23 heavy (non-hydrogen) atoms. The van der Waals surface area contributed by atoms with E-state index in [0.29, 0.717) is 16.9 Å². The van der Waals surface area contributed by atoms with Crippen molar-refractivity contribution >= 4 is 16.8 Å². The molecular formula is C19H18O4. The van der Waals surface area contributed by atoms with Gasteiger partial charge in [0.05, 0.1) is 30.4 Å². The first-order valence-electron chi connectivity index (χ1n) is 7.39. The van der Waals surface area contributed by atoms with Crippen LogP contribution < -0.4 is 4.74 Å². The lowest BCUT2D eigenvalue weighted by atomic mass is 9.98. The fourth-order valence-electron chi connectivity index (χ4n) is 2.74. The van der Waals surface area contributed by atoms with Gasteiger partial charge in [-0.1, -0.05) is 30.3 Å². The molecule has 0 saturated heterocycles. The summed E-state index contributed by atoms with van der Waals surface area (Å²) < 4.78 is 16.3. The number of benzene rings is 2. The molecule has 0 spiro atoms. The highest BCUT2D eigenvalue weighted by atomic mass is 16.5. The highest BCUT2D eigenvalue weighted by Gasteiger charge is 2.21. The fraction of sp³-hybridized carbons (Fsp3) is 0.211. The molecule has 0 saturated carbocycles. The maximum absolute atomic E-state index is 12.7. The number of ketones is 1. The maximum Gasteiger partial charge on any atom is 0.169 e. The van der Waals surface area contributed by atoms with Gasteiger partial charge in [0.25, 0.3) is 0 Å². The number of ether oxygens (including phenoxy) is 2. The summed E-state index contributed by atoms with van der Waals surface area (Å²) in [6, 6.07) is 15.0. The summed E-state index contributed by atoms with van der Waals surface area (Å²) in [5, 5.41) is 0.798. The molecule has 0 aliphatic rings. The molecule has 1 aromatic heterocycles. The topological polar surface area (TPSA) is 48.7 Å². The van der Waals surface area contributed by atoms with E-state index in [0.717, 1.165) is 10.9 Å². The van der Waals surface area contributed by atoms with Gasteiger partial charge in [-0.05, 0) is 23.8 Å². The Balaban J connectivity index is 1.91. The Bertz CT molecular complexity index is 805. The van der Waals surface area contributed by atoms with E-state index in [1.54, 1.807) is 38.7 Å². The van der Waals surface area contributed by atoms with Crippen LogP contribution in [0.25, 0.3) is 11.0 Å². The second-order valence-corrected chi connectivity index (χ2v) is 5.24. The van der Waals surface area contributed by atoms with Crippen LogP contribution in [0.15, 0.2) is 59.2 Å². The van der Waals surface area contributed by atoms with Gasteiger partial charge < -0.3 is 13.9 Å². The van der Waals surface area contributed by atoms with E-state index in [1.807, 2.05) is 30.3 Å². The van der Waals surface area contributed by atoms with Crippen LogP contribution in [0.4, 0.5) is 0 Å². The smallest absolute Gasteiger partial charge is 0.169 e. The average Bonchev–Trinajstić information content (AvgIpc) is 3.08. The van der Waals surface area contributed by atoms with Crippen LogP contribution in [0, 0.1) is 0 Å². The number of Topliss-reactive ketones (excluding diaryl/α,β-unsaturated/α-hetero) is 1. The van der Waals surface area contributed by atoms with Crippen molar-refractivity contribution in [3.05, 3.63) is 65.9 Å². The number of methoxy groups -OCH3 is 2. The summed E-state index contributed by atoms with van der Waals surface area (Å²) >= 11 is 0. The van der Waals surface area contributed by atoms with Crippen molar-refractivity contribution in [2.45, 2.75) is 12.5 Å². The van der Waals surface area contributed by atoms with E-state index < -0.39 is 0 Å². The summed E-state index contributed by atoms with van der Waals surface area (Å²) in [6.45, 7) is 0.